The van der Waals surface area contributed by atoms with Crippen LogP contribution < -0.4 is 4.74 Å². The van der Waals surface area contributed by atoms with Gasteiger partial charge in [-0.2, -0.15) is 0 Å². The third-order valence-corrected chi connectivity index (χ3v) is 5.54. The summed E-state index contributed by atoms with van der Waals surface area (Å²) in [6, 6.07) is 7.68. The van der Waals surface area contributed by atoms with Gasteiger partial charge < -0.3 is 14.6 Å². The number of aromatic amines is 1. The molecule has 31 heavy (non-hydrogen) atoms. The fourth-order valence-corrected chi connectivity index (χ4v) is 4.00. The van der Waals surface area contributed by atoms with E-state index in [-0.39, 0.29) is 12.0 Å². The number of ether oxygens (including phenoxy) is 1. The van der Waals surface area contributed by atoms with E-state index in [0.29, 0.717) is 24.8 Å². The van der Waals surface area contributed by atoms with Crippen LogP contribution in [0.2, 0.25) is 0 Å². The molecule has 7 nitrogen and oxygen atoms in total. The molecule has 3 aromatic rings. The summed E-state index contributed by atoms with van der Waals surface area (Å²) in [5, 5.41) is 0. The standard InChI is InChI=1S/C24H29N5O2/c1-3-7-17(8-4-2)21-23(26-14-13-25-21)31-18-11-15-29(16-12-18)24(30)22-27-19-9-5-6-10-20(19)28-22/h5-7,9-10,13-14,18H,3-4,8,11-12,15-16H2,1-2H3,(H,27,28)/b17-7+. The van der Waals surface area contributed by atoms with Crippen LogP contribution in [0.3, 0.4) is 0 Å². The molecule has 1 aliphatic heterocycles. The van der Waals surface area contributed by atoms with Crippen LogP contribution >= 0.6 is 0 Å². The second-order valence-corrected chi connectivity index (χ2v) is 7.81. The number of piperidine rings is 1. The highest BCUT2D eigenvalue weighted by molar-refractivity contribution is 5.94. The van der Waals surface area contributed by atoms with Crippen LogP contribution in [0.25, 0.3) is 16.6 Å². The summed E-state index contributed by atoms with van der Waals surface area (Å²) in [6.45, 7) is 5.54. The van der Waals surface area contributed by atoms with Gasteiger partial charge in [0, 0.05) is 38.3 Å². The molecule has 2 aromatic heterocycles. The number of fused-ring (bicyclic) bond motifs is 1. The first-order chi connectivity index (χ1) is 15.2. The number of aromatic nitrogens is 4. The molecule has 7 heteroatoms. The maximum absolute atomic E-state index is 12.9. The van der Waals surface area contributed by atoms with Crippen LogP contribution in [0, 0.1) is 0 Å². The second kappa shape index (κ2) is 9.73. The highest BCUT2D eigenvalue weighted by atomic mass is 16.5. The Bertz CT molecular complexity index is 1030. The quantitative estimate of drug-likeness (QED) is 0.604. The molecule has 4 rings (SSSR count). The number of nitrogens with zero attached hydrogens (tertiary/aromatic N) is 4. The predicted molar refractivity (Wildman–Crippen MR) is 121 cm³/mol. The molecule has 0 unspecified atom stereocenters. The van der Waals surface area contributed by atoms with Gasteiger partial charge in [-0.05, 0) is 30.5 Å². The lowest BCUT2D eigenvalue weighted by Crippen LogP contribution is -2.42. The van der Waals surface area contributed by atoms with Crippen LogP contribution in [-0.2, 0) is 0 Å². The smallest absolute Gasteiger partial charge is 0.289 e. The number of H-pyrrole nitrogens is 1. The normalized spacial score (nSPS) is 15.4. The van der Waals surface area contributed by atoms with E-state index in [1.165, 1.54) is 5.57 Å². The summed E-state index contributed by atoms with van der Waals surface area (Å²) >= 11 is 0. The van der Waals surface area contributed by atoms with Crippen molar-refractivity contribution in [2.45, 2.75) is 52.1 Å². The van der Waals surface area contributed by atoms with Crippen LogP contribution in [0.1, 0.15) is 62.3 Å². The highest BCUT2D eigenvalue weighted by Crippen LogP contribution is 2.28. The van der Waals surface area contributed by atoms with Gasteiger partial charge in [0.25, 0.3) is 5.91 Å². The average molecular weight is 420 g/mol. The second-order valence-electron chi connectivity index (χ2n) is 7.81. The maximum atomic E-state index is 12.9. The Hall–Kier alpha value is -3.22. The maximum Gasteiger partial charge on any atom is 0.289 e. The van der Waals surface area contributed by atoms with Crippen molar-refractivity contribution in [2.24, 2.45) is 0 Å². The lowest BCUT2D eigenvalue weighted by atomic mass is 10.1. The molecular weight excluding hydrogens is 390 g/mol. The Balaban J connectivity index is 1.40. The summed E-state index contributed by atoms with van der Waals surface area (Å²) in [4.78, 5) is 31.3. The van der Waals surface area contributed by atoms with E-state index in [0.717, 1.165) is 48.8 Å². The van der Waals surface area contributed by atoms with Gasteiger partial charge in [0.1, 0.15) is 11.8 Å². The molecule has 0 spiro atoms. The number of para-hydroxylation sites is 2. The Morgan fingerprint density at radius 2 is 1.97 bits per heavy atom. The van der Waals surface area contributed by atoms with Crippen LogP contribution in [-0.4, -0.2) is 49.9 Å². The first-order valence-electron chi connectivity index (χ1n) is 11.1. The van der Waals surface area contributed by atoms with E-state index in [4.69, 9.17) is 4.74 Å². The molecule has 1 saturated heterocycles. The van der Waals surface area contributed by atoms with E-state index in [1.54, 1.807) is 12.4 Å². The Labute approximate surface area is 182 Å². The molecule has 1 N–H and O–H groups in total. The monoisotopic (exact) mass is 419 g/mol. The van der Waals surface area contributed by atoms with Crippen LogP contribution in [0.5, 0.6) is 5.88 Å². The minimum Gasteiger partial charge on any atom is -0.473 e. The Morgan fingerprint density at radius 3 is 2.71 bits per heavy atom. The van der Waals surface area contributed by atoms with Crippen molar-refractivity contribution in [1.82, 2.24) is 24.8 Å². The van der Waals surface area contributed by atoms with Gasteiger partial charge in [-0.15, -0.1) is 0 Å². The molecule has 0 atom stereocenters. The summed E-state index contributed by atoms with van der Waals surface area (Å²) < 4.78 is 6.27. The van der Waals surface area contributed by atoms with Crippen molar-refractivity contribution in [2.75, 3.05) is 13.1 Å². The molecule has 162 valence electrons. The molecular formula is C24H29N5O2. The summed E-state index contributed by atoms with van der Waals surface area (Å²) in [7, 11) is 0. The molecule has 0 radical (unpaired) electrons. The third kappa shape index (κ3) is 4.76. The summed E-state index contributed by atoms with van der Waals surface area (Å²) in [5.74, 6) is 0.925. The Morgan fingerprint density at radius 1 is 1.19 bits per heavy atom. The number of nitrogens with one attached hydrogen (secondary N) is 1. The molecule has 1 fully saturated rings. The highest BCUT2D eigenvalue weighted by Gasteiger charge is 2.27. The number of amides is 1. The number of hydrogen-bond acceptors (Lipinski definition) is 5. The zero-order valence-electron chi connectivity index (χ0n) is 18.2. The van der Waals surface area contributed by atoms with E-state index >= 15 is 0 Å². The van der Waals surface area contributed by atoms with Crippen molar-refractivity contribution >= 4 is 22.5 Å². The SMILES string of the molecule is CC/C=C(\CCC)c1nccnc1OC1CCN(C(=O)c2nc3ccccc3[nH]2)CC1. The Kier molecular flexibility index (Phi) is 6.60. The first kappa shape index (κ1) is 21.0. The van der Waals surface area contributed by atoms with Crippen molar-refractivity contribution in [3.63, 3.8) is 0 Å². The minimum absolute atomic E-state index is 0.0136. The third-order valence-electron chi connectivity index (χ3n) is 5.54. The number of benzene rings is 1. The number of allylic oxidation sites excluding steroid dienone is 2. The van der Waals surface area contributed by atoms with Crippen molar-refractivity contribution in [3.05, 3.63) is 54.3 Å². The van der Waals surface area contributed by atoms with E-state index < -0.39 is 0 Å². The van der Waals surface area contributed by atoms with Gasteiger partial charge in [-0.25, -0.2) is 15.0 Å². The van der Waals surface area contributed by atoms with Gasteiger partial charge in [-0.1, -0.05) is 38.5 Å². The molecule has 0 saturated carbocycles. The fraction of sp³-hybridized carbons (Fsp3) is 0.417. The minimum atomic E-state index is -0.0639. The lowest BCUT2D eigenvalue weighted by Gasteiger charge is -2.31. The van der Waals surface area contributed by atoms with Crippen molar-refractivity contribution < 1.29 is 9.53 Å². The van der Waals surface area contributed by atoms with Gasteiger partial charge in [0.2, 0.25) is 5.88 Å². The van der Waals surface area contributed by atoms with Crippen molar-refractivity contribution in [1.29, 1.82) is 0 Å². The summed E-state index contributed by atoms with van der Waals surface area (Å²) in [6.07, 6.45) is 10.1. The molecule has 1 aromatic carbocycles. The van der Waals surface area contributed by atoms with Gasteiger partial charge in [0.05, 0.1) is 11.0 Å². The summed E-state index contributed by atoms with van der Waals surface area (Å²) in [5.41, 5.74) is 3.71. The first-order valence-corrected chi connectivity index (χ1v) is 11.1. The van der Waals surface area contributed by atoms with Crippen LogP contribution in [0.15, 0.2) is 42.7 Å². The largest absolute Gasteiger partial charge is 0.473 e. The van der Waals surface area contributed by atoms with Gasteiger partial charge >= 0.3 is 0 Å². The van der Waals surface area contributed by atoms with E-state index in [1.807, 2.05) is 29.2 Å². The van der Waals surface area contributed by atoms with Gasteiger partial charge in [-0.3, -0.25) is 4.79 Å². The number of hydrogen-bond donors (Lipinski definition) is 1. The molecule has 1 aliphatic rings. The zero-order valence-corrected chi connectivity index (χ0v) is 18.2. The lowest BCUT2D eigenvalue weighted by molar-refractivity contribution is 0.0576. The number of imidazole rings is 1. The fourth-order valence-electron chi connectivity index (χ4n) is 4.00. The van der Waals surface area contributed by atoms with E-state index in [2.05, 4.69) is 39.9 Å². The number of carbonyl (C=O) groups is 1. The molecule has 0 bridgehead atoms. The van der Waals surface area contributed by atoms with Gasteiger partial charge in [0.15, 0.2) is 5.82 Å². The number of likely N-dealkylation sites (tertiary alicyclic amines) is 1. The van der Waals surface area contributed by atoms with E-state index in [9.17, 15) is 4.79 Å². The predicted octanol–water partition coefficient (Wildman–Crippen LogP) is 4.63. The molecule has 1 amide bonds. The number of carbonyl (C=O) groups excluding carboxylic acids is 1. The van der Waals surface area contributed by atoms with Crippen molar-refractivity contribution in [3.8, 4) is 5.88 Å². The molecule has 3 heterocycles. The topological polar surface area (TPSA) is 84.0 Å². The molecule has 0 aliphatic carbocycles. The zero-order chi connectivity index (χ0) is 21.6. The average Bonchev–Trinajstić information content (AvgIpc) is 3.24. The number of rotatable bonds is 7. The van der Waals surface area contributed by atoms with Crippen LogP contribution in [0.4, 0.5) is 0 Å².